The molecular weight excluding hydrogens is 308 g/mol. The quantitative estimate of drug-likeness (QED) is 0.782. The topological polar surface area (TPSA) is 90.3 Å². The number of anilines is 1. The van der Waals surface area contributed by atoms with Crippen LogP contribution in [-0.4, -0.2) is 38.9 Å². The molecule has 0 bridgehead atoms. The van der Waals surface area contributed by atoms with Crippen LogP contribution in [0, 0.1) is 0 Å². The molecule has 1 aromatic rings. The normalized spacial score (nSPS) is 18.7. The minimum atomic E-state index is -0.597. The number of hydrogen-bond donors (Lipinski definition) is 1. The van der Waals surface area contributed by atoms with Crippen LogP contribution in [-0.2, 0) is 13.6 Å². The molecule has 0 spiro atoms. The fraction of sp³-hybridized carbons (Fsp3) is 0.706. The van der Waals surface area contributed by atoms with E-state index in [9.17, 15) is 14.4 Å². The van der Waals surface area contributed by atoms with Gasteiger partial charge in [0.25, 0.3) is 5.56 Å². The summed E-state index contributed by atoms with van der Waals surface area (Å²) in [6, 6.07) is 0.370. The first kappa shape index (κ1) is 18.4. The zero-order valence-electron chi connectivity index (χ0n) is 14.9. The molecule has 2 N–H and O–H groups in total. The van der Waals surface area contributed by atoms with Crippen molar-refractivity contribution < 1.29 is 4.79 Å². The molecule has 1 aliphatic rings. The maximum Gasteiger partial charge on any atom is 0.332 e. The van der Waals surface area contributed by atoms with E-state index < -0.39 is 11.2 Å². The summed E-state index contributed by atoms with van der Waals surface area (Å²) in [6.07, 6.45) is 4.99. The van der Waals surface area contributed by atoms with E-state index in [1.807, 2.05) is 6.92 Å². The molecule has 1 aromatic heterocycles. The number of hydrogen-bond acceptors (Lipinski definition) is 5. The molecule has 7 nitrogen and oxygen atoms in total. The summed E-state index contributed by atoms with van der Waals surface area (Å²) in [5.41, 5.74) is 4.90. The van der Waals surface area contributed by atoms with Crippen LogP contribution >= 0.6 is 0 Å². The van der Waals surface area contributed by atoms with Gasteiger partial charge in [0, 0.05) is 19.6 Å². The monoisotopic (exact) mass is 336 g/mol. The first-order chi connectivity index (χ1) is 11.4. The molecule has 1 fully saturated rings. The van der Waals surface area contributed by atoms with E-state index in [0.29, 0.717) is 19.0 Å². The third-order valence-electron chi connectivity index (χ3n) is 4.88. The maximum atomic E-state index is 12.8. The second-order valence-electron chi connectivity index (χ2n) is 6.51. The number of carbonyl (C=O) groups excluding carboxylic acids is 1. The van der Waals surface area contributed by atoms with Crippen molar-refractivity contribution in [3.8, 4) is 0 Å². The molecule has 1 aliphatic heterocycles. The summed E-state index contributed by atoms with van der Waals surface area (Å²) in [5.74, 6) is -0.293. The Morgan fingerprint density at radius 3 is 2.58 bits per heavy atom. The van der Waals surface area contributed by atoms with Crippen molar-refractivity contribution in [3.05, 3.63) is 26.4 Å². The van der Waals surface area contributed by atoms with Gasteiger partial charge < -0.3 is 5.73 Å². The average Bonchev–Trinajstić information content (AvgIpc) is 2.57. The minimum absolute atomic E-state index is 0.00000732. The molecule has 2 rings (SSSR count). The highest BCUT2D eigenvalue weighted by molar-refractivity contribution is 6.01. The van der Waals surface area contributed by atoms with Gasteiger partial charge in [-0.1, -0.05) is 20.3 Å². The van der Waals surface area contributed by atoms with E-state index in [2.05, 4.69) is 11.8 Å². The van der Waals surface area contributed by atoms with Gasteiger partial charge in [0.2, 0.25) is 0 Å². The van der Waals surface area contributed by atoms with Gasteiger partial charge in [-0.25, -0.2) is 4.79 Å². The van der Waals surface area contributed by atoms with Crippen LogP contribution in [0.5, 0.6) is 0 Å². The van der Waals surface area contributed by atoms with E-state index >= 15 is 0 Å². The zero-order valence-corrected chi connectivity index (χ0v) is 14.9. The molecule has 2 heterocycles. The number of Topliss-reactive ketones (excluding diaryl/α,β-unsaturated/α-hetero) is 1. The highest BCUT2D eigenvalue weighted by Gasteiger charge is 2.27. The standard InChI is InChI=1S/C17H28N4O3/c1-4-9-21-15(18)14(16(23)19(3)17(21)24)13(22)11-20-10-7-6-8-12(20)5-2/h12H,4-11,18H2,1-3H3/t12-/m0/s1. The summed E-state index contributed by atoms with van der Waals surface area (Å²) >= 11 is 0. The molecular formula is C17H28N4O3. The Kier molecular flexibility index (Phi) is 5.99. The Labute approximate surface area is 142 Å². The van der Waals surface area contributed by atoms with E-state index in [-0.39, 0.29) is 23.7 Å². The van der Waals surface area contributed by atoms with Gasteiger partial charge in [0.1, 0.15) is 11.4 Å². The molecule has 0 radical (unpaired) electrons. The van der Waals surface area contributed by atoms with Crippen molar-refractivity contribution in [2.45, 2.75) is 58.5 Å². The van der Waals surface area contributed by atoms with Crippen LogP contribution in [0.15, 0.2) is 9.59 Å². The van der Waals surface area contributed by atoms with E-state index in [1.165, 1.54) is 18.0 Å². The highest BCUT2D eigenvalue weighted by atomic mass is 16.2. The SMILES string of the molecule is CCCn1c(N)c(C(=O)CN2CCCC[C@@H]2CC)c(=O)n(C)c1=O. The van der Waals surface area contributed by atoms with Crippen LogP contribution in [0.4, 0.5) is 5.82 Å². The predicted molar refractivity (Wildman–Crippen MR) is 94.5 cm³/mol. The van der Waals surface area contributed by atoms with Gasteiger partial charge >= 0.3 is 5.69 Å². The van der Waals surface area contributed by atoms with Crippen LogP contribution in [0.3, 0.4) is 0 Å². The third-order valence-corrected chi connectivity index (χ3v) is 4.88. The molecule has 0 aromatic carbocycles. The van der Waals surface area contributed by atoms with Gasteiger partial charge in [0.15, 0.2) is 5.78 Å². The molecule has 0 unspecified atom stereocenters. The van der Waals surface area contributed by atoms with Gasteiger partial charge in [0.05, 0.1) is 6.54 Å². The summed E-state index contributed by atoms with van der Waals surface area (Å²) in [5, 5.41) is 0. The lowest BCUT2D eigenvalue weighted by Gasteiger charge is -2.34. The van der Waals surface area contributed by atoms with Crippen molar-refractivity contribution in [2.24, 2.45) is 7.05 Å². The van der Waals surface area contributed by atoms with Crippen molar-refractivity contribution in [3.63, 3.8) is 0 Å². The van der Waals surface area contributed by atoms with Gasteiger partial charge in [-0.05, 0) is 32.2 Å². The van der Waals surface area contributed by atoms with Crippen molar-refractivity contribution in [1.82, 2.24) is 14.0 Å². The molecule has 1 saturated heterocycles. The van der Waals surface area contributed by atoms with Gasteiger partial charge in [-0.3, -0.25) is 23.6 Å². The number of carbonyl (C=O) groups is 1. The predicted octanol–water partition coefficient (Wildman–Crippen LogP) is 0.986. The van der Waals surface area contributed by atoms with Crippen LogP contribution in [0.25, 0.3) is 0 Å². The van der Waals surface area contributed by atoms with Crippen LogP contribution in [0.1, 0.15) is 56.3 Å². The first-order valence-corrected chi connectivity index (χ1v) is 8.78. The largest absolute Gasteiger partial charge is 0.384 e. The maximum absolute atomic E-state index is 12.8. The number of ketones is 1. The van der Waals surface area contributed by atoms with Crippen LogP contribution in [0.2, 0.25) is 0 Å². The molecule has 0 saturated carbocycles. The Balaban J connectivity index is 2.38. The Hall–Kier alpha value is -1.89. The molecule has 1 atom stereocenters. The lowest BCUT2D eigenvalue weighted by atomic mass is 9.99. The third kappa shape index (κ3) is 3.45. The Morgan fingerprint density at radius 1 is 1.25 bits per heavy atom. The second kappa shape index (κ2) is 7.79. The summed E-state index contributed by atoms with van der Waals surface area (Å²) < 4.78 is 2.30. The highest BCUT2D eigenvalue weighted by Crippen LogP contribution is 2.20. The number of piperidine rings is 1. The second-order valence-corrected chi connectivity index (χ2v) is 6.51. The first-order valence-electron chi connectivity index (χ1n) is 8.78. The summed E-state index contributed by atoms with van der Waals surface area (Å²) in [7, 11) is 1.39. The molecule has 24 heavy (non-hydrogen) atoms. The number of rotatable bonds is 6. The van der Waals surface area contributed by atoms with Gasteiger partial charge in [-0.15, -0.1) is 0 Å². The molecule has 0 aliphatic carbocycles. The molecule has 0 amide bonds. The average molecular weight is 336 g/mol. The number of nitrogen functional groups attached to an aromatic ring is 1. The minimum Gasteiger partial charge on any atom is -0.384 e. The lowest BCUT2D eigenvalue weighted by molar-refractivity contribution is 0.0836. The van der Waals surface area contributed by atoms with Gasteiger partial charge in [-0.2, -0.15) is 0 Å². The smallest absolute Gasteiger partial charge is 0.332 e. The summed E-state index contributed by atoms with van der Waals surface area (Å²) in [4.78, 5) is 39.5. The number of nitrogens with two attached hydrogens (primary N) is 1. The fourth-order valence-corrected chi connectivity index (χ4v) is 3.48. The zero-order chi connectivity index (χ0) is 17.9. The molecule has 134 valence electrons. The summed E-state index contributed by atoms with van der Waals surface area (Å²) in [6.45, 7) is 5.46. The van der Waals surface area contributed by atoms with Crippen molar-refractivity contribution in [2.75, 3.05) is 18.8 Å². The van der Waals surface area contributed by atoms with E-state index in [4.69, 9.17) is 5.73 Å². The van der Waals surface area contributed by atoms with Crippen molar-refractivity contribution >= 4 is 11.6 Å². The van der Waals surface area contributed by atoms with E-state index in [0.717, 1.165) is 30.4 Å². The number of nitrogens with zero attached hydrogens (tertiary/aromatic N) is 3. The number of likely N-dealkylation sites (tertiary alicyclic amines) is 1. The lowest BCUT2D eigenvalue weighted by Crippen LogP contribution is -2.46. The fourth-order valence-electron chi connectivity index (χ4n) is 3.48. The van der Waals surface area contributed by atoms with Crippen LogP contribution < -0.4 is 17.0 Å². The van der Waals surface area contributed by atoms with E-state index in [1.54, 1.807) is 0 Å². The van der Waals surface area contributed by atoms with Crippen molar-refractivity contribution in [1.29, 1.82) is 0 Å². The molecule has 7 heteroatoms. The Morgan fingerprint density at radius 2 is 1.96 bits per heavy atom. The Bertz CT molecular complexity index is 720. The number of aromatic nitrogens is 2.